The van der Waals surface area contributed by atoms with E-state index >= 15 is 0 Å². The van der Waals surface area contributed by atoms with Crippen molar-refractivity contribution in [3.63, 3.8) is 0 Å². The number of hydrogen-bond donors (Lipinski definition) is 2. The van der Waals surface area contributed by atoms with E-state index in [9.17, 15) is 0 Å². The van der Waals surface area contributed by atoms with Crippen LogP contribution in [0.5, 0.6) is 0 Å². The molecule has 0 aromatic carbocycles. The first-order valence-corrected chi connectivity index (χ1v) is 6.72. The molecule has 1 aliphatic carbocycles. The van der Waals surface area contributed by atoms with E-state index < -0.39 is 0 Å². The van der Waals surface area contributed by atoms with Crippen LogP contribution in [0.2, 0.25) is 0 Å². The molecule has 2 nitrogen and oxygen atoms in total. The van der Waals surface area contributed by atoms with Crippen molar-refractivity contribution in [2.24, 2.45) is 5.73 Å². The Balaban J connectivity index is 1.88. The Labute approximate surface area is 95.0 Å². The van der Waals surface area contributed by atoms with E-state index in [4.69, 9.17) is 5.73 Å². The van der Waals surface area contributed by atoms with Crippen molar-refractivity contribution in [2.45, 2.75) is 70.3 Å². The van der Waals surface area contributed by atoms with Crippen molar-refractivity contribution >= 4 is 0 Å². The summed E-state index contributed by atoms with van der Waals surface area (Å²) in [4.78, 5) is 0. The summed E-state index contributed by atoms with van der Waals surface area (Å²) in [5.41, 5.74) is 5.93. The fourth-order valence-corrected chi connectivity index (χ4v) is 2.52. The van der Waals surface area contributed by atoms with Gasteiger partial charge < -0.3 is 11.1 Å². The second-order valence-corrected chi connectivity index (χ2v) is 5.25. The predicted molar refractivity (Wildman–Crippen MR) is 67.0 cm³/mol. The molecule has 1 rings (SSSR count). The molecule has 1 saturated carbocycles. The highest BCUT2D eigenvalue weighted by atomic mass is 15.0. The molecule has 0 saturated heterocycles. The normalized spacial score (nSPS) is 19.6. The van der Waals surface area contributed by atoms with Gasteiger partial charge in [-0.1, -0.05) is 32.1 Å². The summed E-state index contributed by atoms with van der Waals surface area (Å²) in [6.45, 7) is 4.45. The molecule has 15 heavy (non-hydrogen) atoms. The lowest BCUT2D eigenvalue weighted by Gasteiger charge is -2.25. The van der Waals surface area contributed by atoms with Crippen LogP contribution in [0, 0.1) is 0 Å². The third kappa shape index (κ3) is 5.53. The van der Waals surface area contributed by atoms with Crippen molar-refractivity contribution in [2.75, 3.05) is 13.1 Å². The van der Waals surface area contributed by atoms with Crippen LogP contribution in [0.1, 0.15) is 64.7 Å². The van der Waals surface area contributed by atoms with Crippen molar-refractivity contribution in [1.29, 1.82) is 0 Å². The van der Waals surface area contributed by atoms with Gasteiger partial charge in [0.05, 0.1) is 0 Å². The summed E-state index contributed by atoms with van der Waals surface area (Å²) in [6, 6.07) is 0. The predicted octanol–water partition coefficient (Wildman–Crippen LogP) is 2.82. The van der Waals surface area contributed by atoms with E-state index in [1.54, 1.807) is 0 Å². The lowest BCUT2D eigenvalue weighted by molar-refractivity contribution is 0.359. The van der Waals surface area contributed by atoms with Gasteiger partial charge in [0.1, 0.15) is 0 Å². The van der Waals surface area contributed by atoms with Gasteiger partial charge in [-0.05, 0) is 45.7 Å². The molecule has 0 amide bonds. The third-order valence-corrected chi connectivity index (χ3v) is 3.64. The van der Waals surface area contributed by atoms with Crippen LogP contribution in [0.4, 0.5) is 0 Å². The molecule has 0 heterocycles. The molecule has 0 aromatic rings. The Morgan fingerprint density at radius 1 is 1.00 bits per heavy atom. The number of nitrogens with one attached hydrogen (secondary N) is 1. The molecular weight excluding hydrogens is 184 g/mol. The van der Waals surface area contributed by atoms with Crippen LogP contribution in [0.15, 0.2) is 0 Å². The number of nitrogens with two attached hydrogens (primary N) is 1. The summed E-state index contributed by atoms with van der Waals surface area (Å²) >= 11 is 0. The second kappa shape index (κ2) is 7.24. The zero-order valence-corrected chi connectivity index (χ0v) is 10.4. The van der Waals surface area contributed by atoms with Crippen LogP contribution in [-0.2, 0) is 0 Å². The summed E-state index contributed by atoms with van der Waals surface area (Å²) in [6.07, 6.45) is 12.2. The molecule has 2 heteroatoms. The van der Waals surface area contributed by atoms with Gasteiger partial charge in [-0.25, -0.2) is 0 Å². The van der Waals surface area contributed by atoms with Crippen LogP contribution < -0.4 is 11.1 Å². The largest absolute Gasteiger partial charge is 0.330 e. The first kappa shape index (κ1) is 13.0. The van der Waals surface area contributed by atoms with E-state index in [1.807, 2.05) is 0 Å². The van der Waals surface area contributed by atoms with Gasteiger partial charge in [-0.3, -0.25) is 0 Å². The van der Waals surface area contributed by atoms with Crippen LogP contribution in [0.3, 0.4) is 0 Å². The molecule has 0 bridgehead atoms. The van der Waals surface area contributed by atoms with Crippen LogP contribution >= 0.6 is 0 Å². The molecule has 0 aliphatic heterocycles. The Hall–Kier alpha value is -0.0800. The van der Waals surface area contributed by atoms with Crippen molar-refractivity contribution in [1.82, 2.24) is 5.32 Å². The molecular formula is C13H28N2. The SMILES string of the molecule is CC1(NCCCCCCCN)CCCC1. The topological polar surface area (TPSA) is 38.0 Å². The summed E-state index contributed by atoms with van der Waals surface area (Å²) in [5, 5.41) is 3.72. The fraction of sp³-hybridized carbons (Fsp3) is 1.00. The molecule has 1 aliphatic rings. The number of hydrogen-bond acceptors (Lipinski definition) is 2. The quantitative estimate of drug-likeness (QED) is 0.607. The third-order valence-electron chi connectivity index (χ3n) is 3.64. The minimum Gasteiger partial charge on any atom is -0.330 e. The Bertz CT molecular complexity index is 151. The van der Waals surface area contributed by atoms with Gasteiger partial charge in [0.2, 0.25) is 0 Å². The average Bonchev–Trinajstić information content (AvgIpc) is 2.64. The zero-order valence-electron chi connectivity index (χ0n) is 10.4. The standard InChI is InChI=1S/C13H28N2/c1-13(9-5-6-10-13)15-12-8-4-2-3-7-11-14/h15H,2-12,14H2,1H3. The maximum atomic E-state index is 5.46. The molecule has 0 aromatic heterocycles. The molecule has 3 N–H and O–H groups in total. The Kier molecular flexibility index (Phi) is 6.26. The molecule has 0 unspecified atom stereocenters. The first-order valence-electron chi connectivity index (χ1n) is 6.72. The van der Waals surface area contributed by atoms with Gasteiger partial charge in [0.25, 0.3) is 0 Å². The van der Waals surface area contributed by atoms with Crippen molar-refractivity contribution in [3.05, 3.63) is 0 Å². The Morgan fingerprint density at radius 3 is 2.27 bits per heavy atom. The maximum Gasteiger partial charge on any atom is 0.0153 e. The van der Waals surface area contributed by atoms with Gasteiger partial charge in [-0.15, -0.1) is 0 Å². The van der Waals surface area contributed by atoms with Crippen molar-refractivity contribution in [3.8, 4) is 0 Å². The fourth-order valence-electron chi connectivity index (χ4n) is 2.52. The van der Waals surface area contributed by atoms with Gasteiger partial charge in [0.15, 0.2) is 0 Å². The maximum absolute atomic E-state index is 5.46. The van der Waals surface area contributed by atoms with E-state index in [0.29, 0.717) is 5.54 Å². The molecule has 1 fully saturated rings. The zero-order chi connectivity index (χ0) is 11.0. The smallest absolute Gasteiger partial charge is 0.0153 e. The van der Waals surface area contributed by atoms with E-state index in [1.165, 1.54) is 64.3 Å². The van der Waals surface area contributed by atoms with Gasteiger partial charge in [0, 0.05) is 5.54 Å². The highest BCUT2D eigenvalue weighted by molar-refractivity contribution is 4.87. The van der Waals surface area contributed by atoms with Crippen LogP contribution in [0.25, 0.3) is 0 Å². The second-order valence-electron chi connectivity index (χ2n) is 5.25. The van der Waals surface area contributed by atoms with Gasteiger partial charge >= 0.3 is 0 Å². The lowest BCUT2D eigenvalue weighted by atomic mass is 10.0. The average molecular weight is 212 g/mol. The minimum absolute atomic E-state index is 0.470. The highest BCUT2D eigenvalue weighted by Crippen LogP contribution is 2.28. The summed E-state index contributed by atoms with van der Waals surface area (Å²) < 4.78 is 0. The monoisotopic (exact) mass is 212 g/mol. The first-order chi connectivity index (χ1) is 7.27. The minimum atomic E-state index is 0.470. The van der Waals surface area contributed by atoms with Crippen LogP contribution in [-0.4, -0.2) is 18.6 Å². The molecule has 0 spiro atoms. The molecule has 90 valence electrons. The summed E-state index contributed by atoms with van der Waals surface area (Å²) in [7, 11) is 0. The lowest BCUT2D eigenvalue weighted by Crippen LogP contribution is -2.39. The van der Waals surface area contributed by atoms with E-state index in [-0.39, 0.29) is 0 Å². The Morgan fingerprint density at radius 2 is 1.60 bits per heavy atom. The number of unbranched alkanes of at least 4 members (excludes halogenated alkanes) is 4. The van der Waals surface area contributed by atoms with E-state index in [0.717, 1.165) is 6.54 Å². The number of rotatable bonds is 8. The van der Waals surface area contributed by atoms with Gasteiger partial charge in [-0.2, -0.15) is 0 Å². The van der Waals surface area contributed by atoms with E-state index in [2.05, 4.69) is 12.2 Å². The molecule has 0 atom stereocenters. The van der Waals surface area contributed by atoms with Crippen molar-refractivity contribution < 1.29 is 0 Å². The summed E-state index contributed by atoms with van der Waals surface area (Å²) in [5.74, 6) is 0. The highest BCUT2D eigenvalue weighted by Gasteiger charge is 2.26. The molecule has 0 radical (unpaired) electrons.